The molecule has 2 heterocycles. The van der Waals surface area contributed by atoms with Crippen molar-refractivity contribution in [3.05, 3.63) is 21.9 Å². The summed E-state index contributed by atoms with van der Waals surface area (Å²) < 4.78 is 25.3. The first kappa shape index (κ1) is 14.0. The van der Waals surface area contributed by atoms with E-state index in [1.165, 1.54) is 17.6 Å². The summed E-state index contributed by atoms with van der Waals surface area (Å²) in [5.74, 6) is 0.341. The molecule has 110 valence electrons. The van der Waals surface area contributed by atoms with E-state index in [4.69, 9.17) is 0 Å². The number of fused-ring (bicyclic) bond motifs is 2. The van der Waals surface area contributed by atoms with E-state index in [1.54, 1.807) is 0 Å². The van der Waals surface area contributed by atoms with E-state index in [0.717, 1.165) is 22.6 Å². The molecule has 2 aliphatic rings. The number of nitrogens with one attached hydrogen (secondary N) is 1. The van der Waals surface area contributed by atoms with E-state index < -0.39 is 10.0 Å². The van der Waals surface area contributed by atoms with Crippen molar-refractivity contribution in [2.24, 2.45) is 5.92 Å². The normalized spacial score (nSPS) is 29.1. The average molecular weight is 314 g/mol. The SMILES string of the molecule is Cc1ccc(C(=O)N2CC3CC2CC3NS(C)(=O)=O)s1. The largest absolute Gasteiger partial charge is 0.335 e. The number of likely N-dealkylation sites (tertiary alicyclic amines) is 1. The molecule has 1 saturated carbocycles. The molecule has 0 spiro atoms. The maximum Gasteiger partial charge on any atom is 0.264 e. The molecule has 3 rings (SSSR count). The fourth-order valence-electron chi connectivity index (χ4n) is 3.31. The topological polar surface area (TPSA) is 66.5 Å². The first-order chi connectivity index (χ1) is 9.33. The van der Waals surface area contributed by atoms with Crippen LogP contribution in [-0.2, 0) is 10.0 Å². The smallest absolute Gasteiger partial charge is 0.264 e. The Kier molecular flexibility index (Phi) is 3.38. The maximum absolute atomic E-state index is 12.4. The maximum atomic E-state index is 12.4. The third-order valence-electron chi connectivity index (χ3n) is 4.12. The van der Waals surface area contributed by atoms with E-state index in [0.29, 0.717) is 6.54 Å². The molecule has 5 nitrogen and oxygen atoms in total. The molecule has 1 N–H and O–H groups in total. The van der Waals surface area contributed by atoms with Crippen LogP contribution in [-0.4, -0.2) is 44.1 Å². The van der Waals surface area contributed by atoms with Crippen molar-refractivity contribution in [2.45, 2.75) is 31.8 Å². The van der Waals surface area contributed by atoms with E-state index in [9.17, 15) is 13.2 Å². The Balaban J connectivity index is 1.69. The fraction of sp³-hybridized carbons (Fsp3) is 0.615. The lowest BCUT2D eigenvalue weighted by Gasteiger charge is -2.31. The van der Waals surface area contributed by atoms with Gasteiger partial charge in [0.2, 0.25) is 10.0 Å². The van der Waals surface area contributed by atoms with Crippen LogP contribution in [0, 0.1) is 12.8 Å². The molecule has 1 aliphatic heterocycles. The van der Waals surface area contributed by atoms with Crippen molar-refractivity contribution in [1.29, 1.82) is 0 Å². The summed E-state index contributed by atoms with van der Waals surface area (Å²) >= 11 is 1.52. The summed E-state index contributed by atoms with van der Waals surface area (Å²) in [6, 6.07) is 4.00. The zero-order valence-electron chi connectivity index (χ0n) is 11.5. The van der Waals surface area contributed by atoms with Crippen molar-refractivity contribution in [3.63, 3.8) is 0 Å². The van der Waals surface area contributed by atoms with E-state index in [1.807, 2.05) is 24.0 Å². The van der Waals surface area contributed by atoms with Gasteiger partial charge in [-0.05, 0) is 37.8 Å². The zero-order chi connectivity index (χ0) is 14.5. The number of rotatable bonds is 3. The summed E-state index contributed by atoms with van der Waals surface area (Å²) in [5.41, 5.74) is 0. The second kappa shape index (κ2) is 4.82. The minimum Gasteiger partial charge on any atom is -0.335 e. The third-order valence-corrected chi connectivity index (χ3v) is 5.84. The minimum absolute atomic E-state index is 0.0101. The van der Waals surface area contributed by atoms with Gasteiger partial charge in [0.1, 0.15) is 0 Å². The van der Waals surface area contributed by atoms with Crippen LogP contribution in [0.25, 0.3) is 0 Å². The molecule has 2 fully saturated rings. The standard InChI is InChI=1S/C13H18N2O3S2/c1-8-3-4-12(19-8)13(16)15-7-9-5-10(15)6-11(9)14-20(2,17)18/h3-4,9-11,14H,5-7H2,1-2H3. The van der Waals surface area contributed by atoms with Crippen molar-refractivity contribution >= 4 is 27.3 Å². The number of hydrogen-bond acceptors (Lipinski definition) is 4. The van der Waals surface area contributed by atoms with Crippen LogP contribution >= 0.6 is 11.3 Å². The minimum atomic E-state index is -3.17. The van der Waals surface area contributed by atoms with Crippen LogP contribution in [0.15, 0.2) is 12.1 Å². The molecule has 2 bridgehead atoms. The lowest BCUT2D eigenvalue weighted by molar-refractivity contribution is 0.0696. The first-order valence-electron chi connectivity index (χ1n) is 6.68. The van der Waals surface area contributed by atoms with Gasteiger partial charge in [-0.15, -0.1) is 11.3 Å². The highest BCUT2D eigenvalue weighted by molar-refractivity contribution is 7.88. The molecule has 1 aromatic rings. The van der Waals surface area contributed by atoms with Gasteiger partial charge < -0.3 is 4.90 Å². The number of piperidine rings is 1. The van der Waals surface area contributed by atoms with Gasteiger partial charge in [0.15, 0.2) is 0 Å². The third kappa shape index (κ3) is 2.62. The predicted molar refractivity (Wildman–Crippen MR) is 78.4 cm³/mol. The summed E-state index contributed by atoms with van der Waals surface area (Å²) in [4.78, 5) is 16.3. The molecule has 7 heteroatoms. The zero-order valence-corrected chi connectivity index (χ0v) is 13.1. The second-order valence-electron chi connectivity index (χ2n) is 5.75. The molecule has 3 unspecified atom stereocenters. The molecule has 1 amide bonds. The number of nitrogens with zero attached hydrogens (tertiary/aromatic N) is 1. The second-order valence-corrected chi connectivity index (χ2v) is 8.82. The molecular formula is C13H18N2O3S2. The van der Waals surface area contributed by atoms with Crippen LogP contribution < -0.4 is 4.72 Å². The van der Waals surface area contributed by atoms with Gasteiger partial charge in [-0.2, -0.15) is 0 Å². The van der Waals surface area contributed by atoms with Crippen LogP contribution in [0.2, 0.25) is 0 Å². The highest BCUT2D eigenvalue weighted by Gasteiger charge is 2.47. The molecule has 3 atom stereocenters. The Morgan fingerprint density at radius 2 is 2.15 bits per heavy atom. The lowest BCUT2D eigenvalue weighted by Crippen LogP contribution is -2.47. The molecule has 1 aliphatic carbocycles. The van der Waals surface area contributed by atoms with Gasteiger partial charge in [-0.1, -0.05) is 0 Å². The predicted octanol–water partition coefficient (Wildman–Crippen LogP) is 1.21. The van der Waals surface area contributed by atoms with Gasteiger partial charge in [0.05, 0.1) is 11.1 Å². The molecule has 20 heavy (non-hydrogen) atoms. The molecular weight excluding hydrogens is 296 g/mol. The molecule has 0 radical (unpaired) electrons. The Morgan fingerprint density at radius 1 is 1.40 bits per heavy atom. The molecule has 1 aromatic heterocycles. The Hall–Kier alpha value is -0.920. The quantitative estimate of drug-likeness (QED) is 0.912. The fourth-order valence-corrected chi connectivity index (χ4v) is 4.97. The van der Waals surface area contributed by atoms with Crippen LogP contribution in [0.1, 0.15) is 27.4 Å². The van der Waals surface area contributed by atoms with Crippen LogP contribution in [0.5, 0.6) is 0 Å². The van der Waals surface area contributed by atoms with Crippen molar-refractivity contribution in [1.82, 2.24) is 9.62 Å². The Labute approximate surface area is 123 Å². The number of thiophene rings is 1. The Morgan fingerprint density at radius 3 is 2.65 bits per heavy atom. The van der Waals surface area contributed by atoms with Gasteiger partial charge in [-0.3, -0.25) is 4.79 Å². The number of aryl methyl sites for hydroxylation is 1. The van der Waals surface area contributed by atoms with Gasteiger partial charge in [0.25, 0.3) is 5.91 Å². The first-order valence-corrected chi connectivity index (χ1v) is 9.39. The van der Waals surface area contributed by atoms with E-state index in [2.05, 4.69) is 4.72 Å². The highest BCUT2D eigenvalue weighted by atomic mass is 32.2. The number of sulfonamides is 1. The van der Waals surface area contributed by atoms with Crippen molar-refractivity contribution in [2.75, 3.05) is 12.8 Å². The van der Waals surface area contributed by atoms with Crippen molar-refractivity contribution in [3.8, 4) is 0 Å². The number of amides is 1. The van der Waals surface area contributed by atoms with E-state index in [-0.39, 0.29) is 23.9 Å². The lowest BCUT2D eigenvalue weighted by atomic mass is 10.0. The van der Waals surface area contributed by atoms with Gasteiger partial charge in [-0.25, -0.2) is 13.1 Å². The van der Waals surface area contributed by atoms with E-state index >= 15 is 0 Å². The molecule has 0 aromatic carbocycles. The highest BCUT2D eigenvalue weighted by Crippen LogP contribution is 2.39. The number of hydrogen-bond donors (Lipinski definition) is 1. The summed E-state index contributed by atoms with van der Waals surface area (Å²) in [6.45, 7) is 2.65. The monoisotopic (exact) mass is 314 g/mol. The van der Waals surface area contributed by atoms with Crippen LogP contribution in [0.4, 0.5) is 0 Å². The van der Waals surface area contributed by atoms with Gasteiger partial charge in [0, 0.05) is 23.5 Å². The summed E-state index contributed by atoms with van der Waals surface area (Å²) in [5, 5.41) is 0. The summed E-state index contributed by atoms with van der Waals surface area (Å²) in [7, 11) is -3.17. The average Bonchev–Trinajstić information content (AvgIpc) is 3.00. The summed E-state index contributed by atoms with van der Waals surface area (Å²) in [6.07, 6.45) is 2.83. The van der Waals surface area contributed by atoms with Crippen molar-refractivity contribution < 1.29 is 13.2 Å². The molecule has 1 saturated heterocycles. The van der Waals surface area contributed by atoms with Gasteiger partial charge >= 0.3 is 0 Å². The Bertz CT molecular complexity index is 638. The van der Waals surface area contributed by atoms with Crippen LogP contribution in [0.3, 0.4) is 0 Å². The number of carbonyl (C=O) groups excluding carboxylic acids is 1. The number of carbonyl (C=O) groups is 1.